The van der Waals surface area contributed by atoms with Crippen LogP contribution in [0.1, 0.15) is 64.0 Å². The quantitative estimate of drug-likeness (QED) is 0.291. The molecule has 1 aromatic rings. The molecule has 5 N–H and O–H groups in total. The van der Waals surface area contributed by atoms with Crippen LogP contribution in [0.4, 0.5) is 0 Å². The molecule has 1 heterocycles. The molecule has 0 aromatic heterocycles. The number of carboxylic acid groups (broad SMARTS) is 1. The minimum absolute atomic E-state index is 0.118. The van der Waals surface area contributed by atoms with Gasteiger partial charge in [-0.05, 0) is 54.7 Å². The summed E-state index contributed by atoms with van der Waals surface area (Å²) in [6, 6.07) is 4.97. The predicted octanol–water partition coefficient (Wildman–Crippen LogP) is 1.88. The molecule has 0 bridgehead atoms. The SMILES string of the molecule is CC(C)(C)[C@H](NC[C@@H]1CC[C@H](S)C1)C(=O)N1Cc2ccccc2C[C@H]1C(=O)N[C@@H](CCC(N)=O)C(=O)O. The summed E-state index contributed by atoms with van der Waals surface area (Å²) in [5, 5.41) is 16.0. The van der Waals surface area contributed by atoms with Crippen LogP contribution in [0.3, 0.4) is 0 Å². The fourth-order valence-corrected chi connectivity index (χ4v) is 5.70. The van der Waals surface area contributed by atoms with E-state index < -0.39 is 41.3 Å². The Bertz CT molecular complexity index is 1010. The largest absolute Gasteiger partial charge is 0.480 e. The monoisotopic (exact) mass is 532 g/mol. The van der Waals surface area contributed by atoms with Gasteiger partial charge in [0.05, 0.1) is 6.04 Å². The molecule has 1 aromatic carbocycles. The van der Waals surface area contributed by atoms with Crippen molar-refractivity contribution in [2.45, 2.75) is 89.2 Å². The van der Waals surface area contributed by atoms with Crippen LogP contribution in [0, 0.1) is 11.3 Å². The lowest BCUT2D eigenvalue weighted by Gasteiger charge is -2.41. The summed E-state index contributed by atoms with van der Waals surface area (Å²) in [6.07, 6.45) is 3.12. The van der Waals surface area contributed by atoms with Gasteiger partial charge >= 0.3 is 5.97 Å². The van der Waals surface area contributed by atoms with E-state index in [0.29, 0.717) is 17.7 Å². The van der Waals surface area contributed by atoms with E-state index in [1.54, 1.807) is 4.90 Å². The maximum Gasteiger partial charge on any atom is 0.326 e. The number of nitrogens with one attached hydrogen (secondary N) is 2. The van der Waals surface area contributed by atoms with Gasteiger partial charge in [0, 0.05) is 24.6 Å². The number of rotatable bonds is 10. The second-order valence-electron chi connectivity index (χ2n) is 11.4. The Hall–Kier alpha value is -2.59. The first kappa shape index (κ1) is 29.0. The number of carbonyl (C=O) groups excluding carboxylic acids is 3. The van der Waals surface area contributed by atoms with E-state index in [1.807, 2.05) is 45.0 Å². The molecule has 0 radical (unpaired) electrons. The highest BCUT2D eigenvalue weighted by Crippen LogP contribution is 2.31. The van der Waals surface area contributed by atoms with Gasteiger partial charge in [-0.3, -0.25) is 14.4 Å². The van der Waals surface area contributed by atoms with Gasteiger partial charge in [-0.25, -0.2) is 4.79 Å². The third-order valence-electron chi connectivity index (χ3n) is 7.37. The Morgan fingerprint density at radius 1 is 1.16 bits per heavy atom. The Kier molecular flexibility index (Phi) is 9.63. The zero-order chi connectivity index (χ0) is 27.3. The summed E-state index contributed by atoms with van der Waals surface area (Å²) in [6.45, 7) is 6.93. The van der Waals surface area contributed by atoms with Crippen molar-refractivity contribution < 1.29 is 24.3 Å². The van der Waals surface area contributed by atoms with E-state index in [4.69, 9.17) is 5.73 Å². The molecule has 0 spiro atoms. The lowest BCUT2D eigenvalue weighted by molar-refractivity contribution is -0.147. The lowest BCUT2D eigenvalue weighted by Crippen LogP contribution is -2.61. The number of hydrogen-bond acceptors (Lipinski definition) is 6. The zero-order valence-electron chi connectivity index (χ0n) is 21.9. The Morgan fingerprint density at radius 2 is 1.84 bits per heavy atom. The van der Waals surface area contributed by atoms with E-state index in [9.17, 15) is 24.3 Å². The van der Waals surface area contributed by atoms with E-state index >= 15 is 0 Å². The second kappa shape index (κ2) is 12.3. The molecule has 0 unspecified atom stereocenters. The minimum Gasteiger partial charge on any atom is -0.480 e. The molecule has 1 fully saturated rings. The molecule has 3 amide bonds. The topological polar surface area (TPSA) is 142 Å². The van der Waals surface area contributed by atoms with Gasteiger partial charge < -0.3 is 26.4 Å². The fourth-order valence-electron chi connectivity index (χ4n) is 5.25. The summed E-state index contributed by atoms with van der Waals surface area (Å²) in [5.74, 6) is -2.19. The Balaban J connectivity index is 1.84. The molecular weight excluding hydrogens is 492 g/mol. The fraction of sp³-hybridized carbons (Fsp3) is 0.630. The summed E-state index contributed by atoms with van der Waals surface area (Å²) in [4.78, 5) is 52.0. The molecule has 204 valence electrons. The van der Waals surface area contributed by atoms with Crippen molar-refractivity contribution in [1.29, 1.82) is 0 Å². The Labute approximate surface area is 224 Å². The number of amides is 3. The third-order valence-corrected chi connectivity index (χ3v) is 7.83. The average Bonchev–Trinajstić information content (AvgIpc) is 3.24. The van der Waals surface area contributed by atoms with Crippen molar-refractivity contribution in [2.24, 2.45) is 17.1 Å². The average molecular weight is 533 g/mol. The molecule has 9 nitrogen and oxygen atoms in total. The van der Waals surface area contributed by atoms with E-state index in [1.165, 1.54) is 0 Å². The van der Waals surface area contributed by atoms with Gasteiger partial charge in [-0.1, -0.05) is 45.0 Å². The molecule has 1 saturated carbocycles. The van der Waals surface area contributed by atoms with E-state index in [0.717, 1.165) is 30.4 Å². The lowest BCUT2D eigenvalue weighted by atomic mass is 9.84. The van der Waals surface area contributed by atoms with Crippen molar-refractivity contribution >= 4 is 36.3 Å². The molecule has 2 aliphatic rings. The van der Waals surface area contributed by atoms with Gasteiger partial charge in [0.2, 0.25) is 17.7 Å². The number of nitrogens with zero attached hydrogens (tertiary/aromatic N) is 1. The first-order chi connectivity index (χ1) is 17.4. The number of thiol groups is 1. The van der Waals surface area contributed by atoms with Crippen LogP contribution in [-0.2, 0) is 32.1 Å². The third kappa shape index (κ3) is 7.70. The van der Waals surface area contributed by atoms with Crippen LogP contribution in [0.15, 0.2) is 24.3 Å². The summed E-state index contributed by atoms with van der Waals surface area (Å²) in [7, 11) is 0. The number of carbonyl (C=O) groups is 4. The standard InChI is InChI=1S/C27H40N4O5S/c1-27(2,3)23(29-14-16-8-9-19(37)12-16)25(34)31-15-18-7-5-4-6-17(18)13-21(31)24(33)30-20(26(35)36)10-11-22(28)32/h4-7,16,19-21,23,29,37H,8-15H2,1-3H3,(H2,28,32)(H,30,33)(H,35,36)/t16-,19+,20+,21+,23-/m1/s1. The van der Waals surface area contributed by atoms with Gasteiger partial charge in [0.1, 0.15) is 12.1 Å². The highest BCUT2D eigenvalue weighted by Gasteiger charge is 2.42. The molecule has 37 heavy (non-hydrogen) atoms. The first-order valence-electron chi connectivity index (χ1n) is 13.0. The maximum absolute atomic E-state index is 14.1. The zero-order valence-corrected chi connectivity index (χ0v) is 22.8. The van der Waals surface area contributed by atoms with Gasteiger partial charge in [0.25, 0.3) is 0 Å². The highest BCUT2D eigenvalue weighted by atomic mass is 32.1. The van der Waals surface area contributed by atoms with Gasteiger partial charge in [-0.15, -0.1) is 0 Å². The molecular formula is C27H40N4O5S. The van der Waals surface area contributed by atoms with Crippen LogP contribution in [0.2, 0.25) is 0 Å². The number of fused-ring (bicyclic) bond motifs is 1. The van der Waals surface area contributed by atoms with Crippen LogP contribution in [0.25, 0.3) is 0 Å². The number of nitrogens with two attached hydrogens (primary N) is 1. The maximum atomic E-state index is 14.1. The van der Waals surface area contributed by atoms with E-state index in [-0.39, 0.29) is 31.7 Å². The van der Waals surface area contributed by atoms with Crippen LogP contribution < -0.4 is 16.4 Å². The van der Waals surface area contributed by atoms with Gasteiger partial charge in [-0.2, -0.15) is 12.6 Å². The van der Waals surface area contributed by atoms with Gasteiger partial charge in [0.15, 0.2) is 0 Å². The predicted molar refractivity (Wildman–Crippen MR) is 144 cm³/mol. The van der Waals surface area contributed by atoms with Crippen molar-refractivity contribution in [3.63, 3.8) is 0 Å². The molecule has 3 rings (SSSR count). The van der Waals surface area contributed by atoms with Crippen molar-refractivity contribution in [3.8, 4) is 0 Å². The molecule has 10 heteroatoms. The van der Waals surface area contributed by atoms with Crippen molar-refractivity contribution in [2.75, 3.05) is 6.54 Å². The molecule has 1 aliphatic heterocycles. The summed E-state index contributed by atoms with van der Waals surface area (Å²) in [5.41, 5.74) is 6.67. The van der Waals surface area contributed by atoms with E-state index in [2.05, 4.69) is 23.3 Å². The first-order valence-corrected chi connectivity index (χ1v) is 13.5. The minimum atomic E-state index is -1.28. The highest BCUT2D eigenvalue weighted by molar-refractivity contribution is 7.80. The number of primary amides is 1. The molecule has 0 saturated heterocycles. The summed E-state index contributed by atoms with van der Waals surface area (Å²) < 4.78 is 0. The van der Waals surface area contributed by atoms with Crippen LogP contribution in [0.5, 0.6) is 0 Å². The number of benzene rings is 1. The van der Waals surface area contributed by atoms with Crippen molar-refractivity contribution in [1.82, 2.24) is 15.5 Å². The summed E-state index contributed by atoms with van der Waals surface area (Å²) >= 11 is 4.59. The van der Waals surface area contributed by atoms with Crippen molar-refractivity contribution in [3.05, 3.63) is 35.4 Å². The second-order valence-corrected chi connectivity index (χ2v) is 12.1. The number of carboxylic acids is 1. The molecule has 1 aliphatic carbocycles. The number of hydrogen-bond donors (Lipinski definition) is 5. The van der Waals surface area contributed by atoms with Crippen LogP contribution >= 0.6 is 12.6 Å². The van der Waals surface area contributed by atoms with Crippen LogP contribution in [-0.4, -0.2) is 63.6 Å². The smallest absolute Gasteiger partial charge is 0.326 e. The normalized spacial score (nSPS) is 23.1. The Morgan fingerprint density at radius 3 is 2.41 bits per heavy atom. The number of aliphatic carboxylic acids is 1. The molecule has 5 atom stereocenters.